The molecule has 1 unspecified atom stereocenters. The highest BCUT2D eigenvalue weighted by molar-refractivity contribution is 7.99. The van der Waals surface area contributed by atoms with Crippen molar-refractivity contribution in [3.8, 4) is 0 Å². The summed E-state index contributed by atoms with van der Waals surface area (Å²) >= 11 is 1.86. The topological polar surface area (TPSA) is 80.6 Å². The van der Waals surface area contributed by atoms with E-state index >= 15 is 0 Å². The average molecular weight is 349 g/mol. The van der Waals surface area contributed by atoms with Crippen LogP contribution in [0.5, 0.6) is 0 Å². The summed E-state index contributed by atoms with van der Waals surface area (Å²) in [4.78, 5) is 23.3. The van der Waals surface area contributed by atoms with E-state index in [1.807, 2.05) is 11.8 Å². The minimum Gasteiger partial charge on any atom is -0.465 e. The van der Waals surface area contributed by atoms with Gasteiger partial charge in [0.05, 0.1) is 13.7 Å². The van der Waals surface area contributed by atoms with Crippen LogP contribution in [0.3, 0.4) is 0 Å². The van der Waals surface area contributed by atoms with Gasteiger partial charge in [-0.15, -0.1) is 12.4 Å². The number of amides is 1. The standard InChI is InChI=1S/C14H20N2O4S.ClH/c1-9-12(14(18)19-2)6-11(20-9)7-16-13(17)5-10-8-21-4-3-15-10;/h6,10,15H,3-5,7-8H2,1-2H3,(H,16,17);1H. The van der Waals surface area contributed by atoms with Crippen LogP contribution in [-0.4, -0.2) is 43.1 Å². The molecule has 6 nitrogen and oxygen atoms in total. The van der Waals surface area contributed by atoms with Crippen molar-refractivity contribution in [1.82, 2.24) is 10.6 Å². The first-order valence-electron chi connectivity index (χ1n) is 6.85. The Bertz CT molecular complexity index is 515. The van der Waals surface area contributed by atoms with E-state index in [0.717, 1.165) is 18.1 Å². The van der Waals surface area contributed by atoms with E-state index in [0.29, 0.717) is 23.5 Å². The molecule has 2 rings (SSSR count). The number of hydrogen-bond acceptors (Lipinski definition) is 6. The minimum absolute atomic E-state index is 0. The fraction of sp³-hybridized carbons (Fsp3) is 0.571. The molecular formula is C14H21ClN2O4S. The third-order valence-corrected chi connectivity index (χ3v) is 4.40. The van der Waals surface area contributed by atoms with Crippen molar-refractivity contribution >= 4 is 36.0 Å². The summed E-state index contributed by atoms with van der Waals surface area (Å²) in [5.41, 5.74) is 0.395. The second-order valence-corrected chi connectivity index (χ2v) is 6.03. The highest BCUT2D eigenvalue weighted by atomic mass is 35.5. The quantitative estimate of drug-likeness (QED) is 0.785. The fourth-order valence-corrected chi connectivity index (χ4v) is 3.12. The first kappa shape index (κ1) is 18.9. The van der Waals surface area contributed by atoms with Gasteiger partial charge in [0, 0.05) is 30.5 Å². The number of ether oxygens (including phenoxy) is 1. The Morgan fingerprint density at radius 2 is 2.32 bits per heavy atom. The lowest BCUT2D eigenvalue weighted by atomic mass is 10.2. The maximum atomic E-state index is 11.9. The lowest BCUT2D eigenvalue weighted by molar-refractivity contribution is -0.121. The third kappa shape index (κ3) is 5.23. The van der Waals surface area contributed by atoms with Gasteiger partial charge in [0.1, 0.15) is 17.1 Å². The van der Waals surface area contributed by atoms with Gasteiger partial charge in [0.25, 0.3) is 0 Å². The maximum Gasteiger partial charge on any atom is 0.341 e. The molecule has 2 heterocycles. The first-order valence-corrected chi connectivity index (χ1v) is 8.01. The van der Waals surface area contributed by atoms with E-state index in [2.05, 4.69) is 15.4 Å². The van der Waals surface area contributed by atoms with Crippen molar-refractivity contribution in [3.63, 3.8) is 0 Å². The van der Waals surface area contributed by atoms with Gasteiger partial charge in [-0.25, -0.2) is 4.79 Å². The van der Waals surface area contributed by atoms with Crippen LogP contribution in [0.15, 0.2) is 10.5 Å². The van der Waals surface area contributed by atoms with E-state index in [9.17, 15) is 9.59 Å². The molecule has 2 N–H and O–H groups in total. The number of rotatable bonds is 5. The predicted molar refractivity (Wildman–Crippen MR) is 87.6 cm³/mol. The number of carbonyl (C=O) groups excluding carboxylic acids is 2. The molecule has 124 valence electrons. The number of carbonyl (C=O) groups is 2. The summed E-state index contributed by atoms with van der Waals surface area (Å²) in [5, 5.41) is 6.13. The summed E-state index contributed by atoms with van der Waals surface area (Å²) in [6.07, 6.45) is 0.455. The van der Waals surface area contributed by atoms with Gasteiger partial charge in [0.15, 0.2) is 0 Å². The van der Waals surface area contributed by atoms with Crippen LogP contribution in [0.25, 0.3) is 0 Å². The number of halogens is 1. The second kappa shape index (κ2) is 9.07. The third-order valence-electron chi connectivity index (χ3n) is 3.26. The van der Waals surface area contributed by atoms with E-state index in [4.69, 9.17) is 4.42 Å². The van der Waals surface area contributed by atoms with Gasteiger partial charge in [-0.2, -0.15) is 11.8 Å². The molecule has 1 saturated heterocycles. The monoisotopic (exact) mass is 348 g/mol. The van der Waals surface area contributed by atoms with Crippen molar-refractivity contribution < 1.29 is 18.7 Å². The Kier molecular flexibility index (Phi) is 7.78. The Balaban J connectivity index is 0.00000242. The molecule has 0 aliphatic carbocycles. The highest BCUT2D eigenvalue weighted by Gasteiger charge is 2.18. The Hall–Kier alpha value is -1.18. The highest BCUT2D eigenvalue weighted by Crippen LogP contribution is 2.15. The average Bonchev–Trinajstić information content (AvgIpc) is 2.86. The van der Waals surface area contributed by atoms with Crippen LogP contribution >= 0.6 is 24.2 Å². The van der Waals surface area contributed by atoms with Crippen molar-refractivity contribution in [2.75, 3.05) is 25.2 Å². The molecule has 1 aliphatic heterocycles. The number of methoxy groups -OCH3 is 1. The Morgan fingerprint density at radius 1 is 1.55 bits per heavy atom. The fourth-order valence-electron chi connectivity index (χ4n) is 2.18. The summed E-state index contributed by atoms with van der Waals surface area (Å²) in [7, 11) is 1.32. The van der Waals surface area contributed by atoms with Crippen LogP contribution in [0.4, 0.5) is 0 Å². The van der Waals surface area contributed by atoms with E-state index in [-0.39, 0.29) is 30.9 Å². The zero-order valence-corrected chi connectivity index (χ0v) is 14.3. The van der Waals surface area contributed by atoms with Gasteiger partial charge in [0.2, 0.25) is 5.91 Å². The normalized spacial score (nSPS) is 17.5. The molecule has 1 aromatic heterocycles. The summed E-state index contributed by atoms with van der Waals surface area (Å²) in [5.74, 6) is 2.64. The molecule has 1 aromatic rings. The van der Waals surface area contributed by atoms with E-state index in [1.54, 1.807) is 13.0 Å². The van der Waals surface area contributed by atoms with Gasteiger partial charge in [-0.05, 0) is 13.0 Å². The lowest BCUT2D eigenvalue weighted by Crippen LogP contribution is -2.41. The molecule has 8 heteroatoms. The molecule has 0 radical (unpaired) electrons. The minimum atomic E-state index is -0.433. The zero-order chi connectivity index (χ0) is 15.2. The van der Waals surface area contributed by atoms with Crippen LogP contribution in [-0.2, 0) is 16.1 Å². The van der Waals surface area contributed by atoms with Crippen LogP contribution in [0.2, 0.25) is 0 Å². The Labute approximate surface area is 140 Å². The first-order chi connectivity index (χ1) is 10.1. The lowest BCUT2D eigenvalue weighted by Gasteiger charge is -2.22. The molecule has 1 fully saturated rings. The van der Waals surface area contributed by atoms with Gasteiger partial charge in [-0.1, -0.05) is 0 Å². The molecule has 1 amide bonds. The van der Waals surface area contributed by atoms with E-state index < -0.39 is 5.97 Å². The molecule has 0 aromatic carbocycles. The largest absolute Gasteiger partial charge is 0.465 e. The summed E-state index contributed by atoms with van der Waals surface area (Å²) < 4.78 is 10.1. The van der Waals surface area contributed by atoms with Gasteiger partial charge in [-0.3, -0.25) is 4.79 Å². The number of esters is 1. The van der Waals surface area contributed by atoms with Crippen LogP contribution < -0.4 is 10.6 Å². The number of nitrogens with one attached hydrogen (secondary N) is 2. The molecule has 22 heavy (non-hydrogen) atoms. The molecule has 0 bridgehead atoms. The smallest absolute Gasteiger partial charge is 0.341 e. The Morgan fingerprint density at radius 3 is 2.95 bits per heavy atom. The van der Waals surface area contributed by atoms with Crippen molar-refractivity contribution in [2.24, 2.45) is 0 Å². The van der Waals surface area contributed by atoms with Crippen molar-refractivity contribution in [2.45, 2.75) is 25.9 Å². The molecular weight excluding hydrogens is 328 g/mol. The summed E-state index contributed by atoms with van der Waals surface area (Å²) in [6.45, 7) is 2.92. The van der Waals surface area contributed by atoms with Crippen molar-refractivity contribution in [3.05, 3.63) is 23.2 Å². The molecule has 0 spiro atoms. The van der Waals surface area contributed by atoms with E-state index in [1.165, 1.54) is 7.11 Å². The number of thioether (sulfide) groups is 1. The van der Waals surface area contributed by atoms with Gasteiger partial charge >= 0.3 is 5.97 Å². The molecule has 1 aliphatic rings. The zero-order valence-electron chi connectivity index (χ0n) is 12.6. The SMILES string of the molecule is COC(=O)c1cc(CNC(=O)CC2CSCCN2)oc1C.Cl. The van der Waals surface area contributed by atoms with Crippen LogP contribution in [0, 0.1) is 6.92 Å². The molecule has 1 atom stereocenters. The van der Waals surface area contributed by atoms with Crippen LogP contribution in [0.1, 0.15) is 28.3 Å². The number of furan rings is 1. The number of hydrogen-bond donors (Lipinski definition) is 2. The number of aryl methyl sites for hydroxylation is 1. The second-order valence-electron chi connectivity index (χ2n) is 4.88. The van der Waals surface area contributed by atoms with Crippen molar-refractivity contribution in [1.29, 1.82) is 0 Å². The molecule has 0 saturated carbocycles. The summed E-state index contributed by atoms with van der Waals surface area (Å²) in [6, 6.07) is 1.84. The predicted octanol–water partition coefficient (Wildman–Crippen LogP) is 1.51. The maximum absolute atomic E-state index is 11.9. The van der Waals surface area contributed by atoms with Gasteiger partial charge < -0.3 is 19.8 Å².